The van der Waals surface area contributed by atoms with Crippen molar-refractivity contribution < 1.29 is 65.0 Å². The second-order valence-electron chi connectivity index (χ2n) is 33.9. The number of Topliss-reactive ketones (excluding diaryl/α,β-unsaturated/α-hetero) is 1. The van der Waals surface area contributed by atoms with Crippen molar-refractivity contribution in [1.29, 1.82) is 0 Å². The molecule has 6 aromatic rings. The van der Waals surface area contributed by atoms with Crippen molar-refractivity contribution in [3.63, 3.8) is 0 Å². The zero-order chi connectivity index (χ0) is 72.5. The van der Waals surface area contributed by atoms with Crippen LogP contribution in [0.4, 0.5) is 0 Å². The number of hydrogen-bond acceptors (Lipinski definition) is 19. The van der Waals surface area contributed by atoms with Gasteiger partial charge in [0, 0.05) is 106 Å². The number of rotatable bonds is 20. The average molecular weight is 1440 g/mol. The third-order valence-electron chi connectivity index (χ3n) is 28.2. The summed E-state index contributed by atoms with van der Waals surface area (Å²) in [6.07, 6.45) is 16.4. The second-order valence-corrected chi connectivity index (χ2v) is 33.9. The normalized spacial score (nSPS) is 33.1. The summed E-state index contributed by atoms with van der Waals surface area (Å²) in [7, 11) is 0. The van der Waals surface area contributed by atoms with Gasteiger partial charge >= 0.3 is 0 Å². The number of nitrogens with zero attached hydrogens (tertiary/aromatic N) is 5. The molecule has 8 fully saturated rings. The molecule has 6 aromatic carbocycles. The number of phenols is 3. The average Bonchev–Trinajstić information content (AvgIpc) is 1.45. The van der Waals surface area contributed by atoms with Crippen LogP contribution >= 0.6 is 0 Å². The molecule has 9 aliphatic carbocycles. The molecule has 3 saturated heterocycles. The summed E-state index contributed by atoms with van der Waals surface area (Å²) in [5, 5.41) is 101. The van der Waals surface area contributed by atoms with Gasteiger partial charge < -0.3 is 70.4 Å². The number of benzene rings is 6. The van der Waals surface area contributed by atoms with E-state index in [-0.39, 0.29) is 79.2 Å². The van der Waals surface area contributed by atoms with Crippen LogP contribution in [0.5, 0.6) is 34.5 Å². The molecule has 13 atom stereocenters. The molecule has 6 heterocycles. The number of nitrogens with one attached hydrogen (secondary N) is 1. The summed E-state index contributed by atoms with van der Waals surface area (Å²) in [6.45, 7) is 10.2. The molecule has 21 rings (SSSR count). The van der Waals surface area contributed by atoms with Crippen LogP contribution in [0.1, 0.15) is 140 Å². The Labute approximate surface area is 622 Å². The molecule has 15 aliphatic rings. The summed E-state index contributed by atoms with van der Waals surface area (Å²) in [5.41, 5.74) is 6.70. The lowest BCUT2D eigenvalue weighted by atomic mass is 9.48. The minimum absolute atomic E-state index is 0.0371. The number of likely N-dealkylation sites (tertiary alicyclic amines) is 3. The highest BCUT2D eigenvalue weighted by Crippen LogP contribution is 2.69. The van der Waals surface area contributed by atoms with Crippen LogP contribution < -0.4 is 19.5 Å². The summed E-state index contributed by atoms with van der Waals surface area (Å²) in [5.74, 6) is 4.42. The van der Waals surface area contributed by atoms with Gasteiger partial charge in [-0.3, -0.25) is 24.4 Å². The van der Waals surface area contributed by atoms with Gasteiger partial charge in [-0.25, -0.2) is 0 Å². The van der Waals surface area contributed by atoms with Crippen LogP contribution in [0, 0.1) is 17.8 Å². The SMILES string of the molecule is O=C1CC[C@]2(O)C3Cc4ccc(O)c5c4[C@]2(CCN3CC2CC2)[C@@H]1O5.OCCN(Cc1ccccc1)C1=CC[C@]2(O)C3Cc4ccc(O)c5c4[C@]2(CCN3CC2CC2)[C@@H]1O5.OCCN(Cc1ccccc1)[C@H]1CC[C@]2(O)C3Cc4ccc(O)c5c4[C@]2(CCN3CC2CC2)[C@@H]1O5.OCCNCc1ccccc1. The zero-order valence-corrected chi connectivity index (χ0v) is 61.0. The van der Waals surface area contributed by atoms with E-state index in [1.165, 1.54) is 66.3 Å². The number of hydrogen-bond donors (Lipinski definition) is 10. The Morgan fingerprint density at radius 2 is 0.925 bits per heavy atom. The van der Waals surface area contributed by atoms with Gasteiger partial charge in [0.15, 0.2) is 52.5 Å². The summed E-state index contributed by atoms with van der Waals surface area (Å²) >= 11 is 0. The van der Waals surface area contributed by atoms with Crippen molar-refractivity contribution in [3.05, 3.63) is 189 Å². The maximum Gasteiger partial charge on any atom is 0.174 e. The second kappa shape index (κ2) is 27.5. The van der Waals surface area contributed by atoms with Gasteiger partial charge in [-0.05, 0) is 192 Å². The first-order valence-electron chi connectivity index (χ1n) is 39.9. The molecule has 6 aliphatic heterocycles. The number of aliphatic hydroxyl groups is 6. The Morgan fingerprint density at radius 3 is 1.43 bits per heavy atom. The minimum atomic E-state index is -0.946. The molecule has 5 saturated carbocycles. The lowest BCUT2D eigenvalue weighted by molar-refractivity contribution is -0.201. The van der Waals surface area contributed by atoms with E-state index < -0.39 is 39.2 Å². The molecule has 6 bridgehead atoms. The monoisotopic (exact) mass is 1440 g/mol. The van der Waals surface area contributed by atoms with Gasteiger partial charge in [0.25, 0.3) is 0 Å². The molecule has 19 nitrogen and oxygen atoms in total. The fourth-order valence-corrected chi connectivity index (χ4v) is 22.9. The maximum atomic E-state index is 12.7. The van der Waals surface area contributed by atoms with Crippen molar-refractivity contribution in [2.45, 2.75) is 204 Å². The molecule has 0 amide bonds. The Bertz CT molecular complexity index is 4290. The first kappa shape index (κ1) is 70.6. The molecule has 19 heteroatoms. The molecule has 0 aromatic heterocycles. The van der Waals surface area contributed by atoms with E-state index in [1.807, 2.05) is 54.6 Å². The number of carbonyl (C=O) groups is 1. The highest BCUT2D eigenvalue weighted by atomic mass is 16.5. The number of piperidine rings is 3. The van der Waals surface area contributed by atoms with Gasteiger partial charge in [-0.1, -0.05) is 115 Å². The van der Waals surface area contributed by atoms with E-state index >= 15 is 0 Å². The highest BCUT2D eigenvalue weighted by Gasteiger charge is 2.76. The number of aliphatic hydroxyl groups excluding tert-OH is 3. The predicted octanol–water partition coefficient (Wildman–Crippen LogP) is 8.06. The largest absolute Gasteiger partial charge is 0.504 e. The van der Waals surface area contributed by atoms with Crippen molar-refractivity contribution in [2.24, 2.45) is 17.8 Å². The zero-order valence-electron chi connectivity index (χ0n) is 61.0. The molecule has 562 valence electrons. The maximum absolute atomic E-state index is 12.7. The number of ether oxygens (including phenoxy) is 3. The van der Waals surface area contributed by atoms with Crippen LogP contribution in [-0.4, -0.2) is 214 Å². The topological polar surface area (TPSA) is 255 Å². The number of aromatic hydroxyl groups is 3. The summed E-state index contributed by atoms with van der Waals surface area (Å²) in [4.78, 5) is 24.9. The Balaban J connectivity index is 0.000000106. The Hall–Kier alpha value is -7.11. The van der Waals surface area contributed by atoms with E-state index in [4.69, 9.17) is 19.3 Å². The van der Waals surface area contributed by atoms with Crippen LogP contribution in [-0.2, 0) is 59.9 Å². The molecule has 3 spiro atoms. The van der Waals surface area contributed by atoms with Gasteiger partial charge in [0.1, 0.15) is 6.10 Å². The van der Waals surface area contributed by atoms with E-state index in [9.17, 15) is 45.6 Å². The molecule has 10 N–H and O–H groups in total. The number of phenolic OH excluding ortho intramolecular Hbond substituents is 3. The van der Waals surface area contributed by atoms with E-state index in [0.717, 1.165) is 143 Å². The van der Waals surface area contributed by atoms with Crippen LogP contribution in [0.3, 0.4) is 0 Å². The van der Waals surface area contributed by atoms with Crippen molar-refractivity contribution in [1.82, 2.24) is 29.8 Å². The molecular weight excluding hydrogens is 1340 g/mol. The first-order chi connectivity index (χ1) is 51.6. The predicted molar refractivity (Wildman–Crippen MR) is 400 cm³/mol. The summed E-state index contributed by atoms with van der Waals surface area (Å²) in [6, 6.07) is 42.3. The third kappa shape index (κ3) is 11.3. The fraction of sp³-hybridized carbons (Fsp3) is 0.552. The standard InChI is InChI=1S/C29H36N2O4.C29H34N2O4.C20H23NO4.C9H13NO/c2*32-15-14-30(17-19-4-2-1-3-5-19)22-10-11-29(34)24-16-21-8-9-23(33)26-25(21)28(29,27(22)35-26)12-13-31(24)18-20-6-7-20;22-13-4-3-12-9-15-20(24)6-5-14(23)18-19(20,16(12)17(13)25-18)7-8-21(15)10-11-1-2-11;11-7-6-10-8-9-4-2-1-3-5-9/h1-5,8-9,20,22,24,27,32-34H,6-7,10-18H2;1-5,8-10,20,24,27,32-34H,6-7,11-18H2;3-4,11,15,18,22,24H,1-2,5-10H2;1-5,10-11H,6-8H2/t22-,24?,27+,28+,29-;24?,27-,28-,29+;15?,18-,19-,20+;/m011./s1. The van der Waals surface area contributed by atoms with E-state index in [1.54, 1.807) is 18.2 Å². The van der Waals surface area contributed by atoms with E-state index in [2.05, 4.69) is 90.5 Å². The molecule has 106 heavy (non-hydrogen) atoms. The quantitative estimate of drug-likeness (QED) is 0.0324. The smallest absolute Gasteiger partial charge is 0.174 e. The lowest BCUT2D eigenvalue weighted by Crippen LogP contribution is -2.78. The minimum Gasteiger partial charge on any atom is -0.504 e. The Kier molecular flexibility index (Phi) is 18.3. The van der Waals surface area contributed by atoms with Gasteiger partial charge in [0.2, 0.25) is 0 Å². The number of carbonyl (C=O) groups excluding carboxylic acids is 1. The fourth-order valence-electron chi connectivity index (χ4n) is 22.9. The van der Waals surface area contributed by atoms with E-state index in [0.29, 0.717) is 69.1 Å². The molecule has 3 unspecified atom stereocenters. The first-order valence-corrected chi connectivity index (χ1v) is 39.9. The highest BCUT2D eigenvalue weighted by molar-refractivity contribution is 5.90. The van der Waals surface area contributed by atoms with Crippen LogP contribution in [0.2, 0.25) is 0 Å². The van der Waals surface area contributed by atoms with Crippen LogP contribution in [0.25, 0.3) is 0 Å². The third-order valence-corrected chi connectivity index (χ3v) is 28.2. The van der Waals surface area contributed by atoms with Crippen LogP contribution in [0.15, 0.2) is 139 Å². The van der Waals surface area contributed by atoms with Crippen molar-refractivity contribution in [2.75, 3.05) is 78.7 Å². The lowest BCUT2D eigenvalue weighted by Gasteiger charge is -2.65. The molecular formula is C87H106N6O13. The summed E-state index contributed by atoms with van der Waals surface area (Å²) < 4.78 is 19.4. The van der Waals surface area contributed by atoms with Gasteiger partial charge in [-0.15, -0.1) is 0 Å². The number of ketones is 1. The van der Waals surface area contributed by atoms with Crippen molar-refractivity contribution >= 4 is 5.78 Å². The Morgan fingerprint density at radius 1 is 0.472 bits per heavy atom. The molecule has 0 radical (unpaired) electrons. The van der Waals surface area contributed by atoms with Crippen molar-refractivity contribution in [3.8, 4) is 34.5 Å². The van der Waals surface area contributed by atoms with Gasteiger partial charge in [-0.2, -0.15) is 0 Å². The van der Waals surface area contributed by atoms with Gasteiger partial charge in [0.05, 0.1) is 58.6 Å².